The van der Waals surface area contributed by atoms with Gasteiger partial charge < -0.3 is 9.16 Å². The molecule has 0 aromatic heterocycles. The number of ether oxygens (including phenoxy) is 1. The van der Waals surface area contributed by atoms with Crippen molar-refractivity contribution >= 4 is 8.32 Å². The fourth-order valence-corrected chi connectivity index (χ4v) is 9.99. The molecule has 2 nitrogen and oxygen atoms in total. The summed E-state index contributed by atoms with van der Waals surface area (Å²) in [6.45, 7) is 21.9. The largest absolute Gasteiger partial charge is 0.415 e. The maximum absolute atomic E-state index is 6.81. The number of hydrogen-bond acceptors (Lipinski definition) is 2. The van der Waals surface area contributed by atoms with Crippen molar-refractivity contribution in [1.29, 1.82) is 0 Å². The van der Waals surface area contributed by atoms with Crippen molar-refractivity contribution in [2.24, 2.45) is 5.41 Å². The Morgan fingerprint density at radius 2 is 1.71 bits per heavy atom. The molecule has 0 aliphatic carbocycles. The molecule has 0 spiro atoms. The number of rotatable bonds is 8. The molecule has 1 heterocycles. The third-order valence-corrected chi connectivity index (χ3v) is 11.4. The zero-order valence-electron chi connectivity index (χ0n) is 15.2. The van der Waals surface area contributed by atoms with E-state index in [1.165, 1.54) is 0 Å². The zero-order chi connectivity index (χ0) is 16.3. The predicted octanol–water partition coefficient (Wildman–Crippen LogP) is 5.55. The maximum atomic E-state index is 6.81. The first kappa shape index (κ1) is 18.9. The average Bonchev–Trinajstić information content (AvgIpc) is 2.71. The van der Waals surface area contributed by atoms with Crippen LogP contribution in [0, 0.1) is 5.41 Å². The molecule has 3 heteroatoms. The van der Waals surface area contributed by atoms with Crippen LogP contribution in [0.3, 0.4) is 0 Å². The minimum Gasteiger partial charge on any atom is -0.415 e. The molecule has 2 unspecified atom stereocenters. The van der Waals surface area contributed by atoms with Crippen LogP contribution in [0.5, 0.6) is 0 Å². The van der Waals surface area contributed by atoms with Crippen molar-refractivity contribution in [3.05, 3.63) is 12.7 Å². The van der Waals surface area contributed by atoms with Crippen molar-refractivity contribution < 1.29 is 9.16 Å². The number of hydrogen-bond donors (Lipinski definition) is 0. The summed E-state index contributed by atoms with van der Waals surface area (Å²) >= 11 is 0. The molecule has 0 bridgehead atoms. The SMILES string of the molecule is C=CCC1(CO[Si](C(C)C)(C(C)C)C(C)C)COC(C)C1. The Bertz CT molecular complexity index is 316. The lowest BCUT2D eigenvalue weighted by molar-refractivity contribution is 0.0803. The summed E-state index contributed by atoms with van der Waals surface area (Å²) in [6.07, 6.45) is 4.48. The van der Waals surface area contributed by atoms with Crippen molar-refractivity contribution in [3.63, 3.8) is 0 Å². The van der Waals surface area contributed by atoms with Crippen LogP contribution < -0.4 is 0 Å². The fourth-order valence-electron chi connectivity index (χ4n) is 4.43. The van der Waals surface area contributed by atoms with E-state index in [0.29, 0.717) is 22.7 Å². The second kappa shape index (κ2) is 7.43. The second-order valence-electron chi connectivity index (χ2n) is 7.92. The van der Waals surface area contributed by atoms with E-state index in [1.54, 1.807) is 0 Å². The van der Waals surface area contributed by atoms with Gasteiger partial charge in [-0.15, -0.1) is 6.58 Å². The third kappa shape index (κ3) is 3.99. The Morgan fingerprint density at radius 1 is 1.19 bits per heavy atom. The van der Waals surface area contributed by atoms with Crippen LogP contribution in [0.2, 0.25) is 16.6 Å². The summed E-state index contributed by atoms with van der Waals surface area (Å²) in [5, 5.41) is 0. The molecule has 0 amide bonds. The van der Waals surface area contributed by atoms with E-state index in [9.17, 15) is 0 Å². The first-order valence-electron chi connectivity index (χ1n) is 8.56. The van der Waals surface area contributed by atoms with Gasteiger partial charge in [0, 0.05) is 12.0 Å². The van der Waals surface area contributed by atoms with Gasteiger partial charge in [-0.1, -0.05) is 47.6 Å². The van der Waals surface area contributed by atoms with E-state index in [2.05, 4.69) is 55.0 Å². The van der Waals surface area contributed by atoms with Gasteiger partial charge in [0.15, 0.2) is 8.32 Å². The Hall–Kier alpha value is -0.123. The molecule has 1 aliphatic rings. The summed E-state index contributed by atoms with van der Waals surface area (Å²) in [5.74, 6) is 0. The van der Waals surface area contributed by atoms with E-state index in [1.807, 2.05) is 6.08 Å². The average molecular weight is 313 g/mol. The minimum atomic E-state index is -1.78. The molecule has 1 fully saturated rings. The lowest BCUT2D eigenvalue weighted by atomic mass is 9.83. The van der Waals surface area contributed by atoms with Gasteiger partial charge in [0.2, 0.25) is 0 Å². The number of allylic oxidation sites excluding steroid dienone is 1. The van der Waals surface area contributed by atoms with Gasteiger partial charge in [-0.3, -0.25) is 0 Å². The van der Waals surface area contributed by atoms with Gasteiger partial charge in [-0.2, -0.15) is 0 Å². The highest BCUT2D eigenvalue weighted by atomic mass is 28.4. The second-order valence-corrected chi connectivity index (χ2v) is 13.4. The van der Waals surface area contributed by atoms with Gasteiger partial charge in [-0.05, 0) is 36.4 Å². The summed E-state index contributed by atoms with van der Waals surface area (Å²) in [5.41, 5.74) is 2.06. The molecule has 21 heavy (non-hydrogen) atoms. The highest BCUT2D eigenvalue weighted by Gasteiger charge is 2.47. The topological polar surface area (TPSA) is 18.5 Å². The Labute approximate surface area is 133 Å². The van der Waals surface area contributed by atoms with E-state index >= 15 is 0 Å². The van der Waals surface area contributed by atoms with Crippen molar-refractivity contribution in [2.45, 2.75) is 84.0 Å². The molecule has 0 aromatic carbocycles. The first-order chi connectivity index (χ1) is 9.70. The van der Waals surface area contributed by atoms with Crippen molar-refractivity contribution in [3.8, 4) is 0 Å². The highest BCUT2D eigenvalue weighted by molar-refractivity contribution is 6.77. The standard InChI is InChI=1S/C18H36O2Si/c1-9-10-18(11-17(8)19-12-18)13-20-21(14(2)3,15(4)5)16(6)7/h9,14-17H,1,10-13H2,2-8H3. The molecule has 2 atom stereocenters. The molecule has 124 valence electrons. The molecule has 0 N–H and O–H groups in total. The Kier molecular flexibility index (Phi) is 6.70. The first-order valence-corrected chi connectivity index (χ1v) is 10.7. The molecular formula is C18H36O2Si. The summed E-state index contributed by atoms with van der Waals surface area (Å²) in [4.78, 5) is 0. The van der Waals surface area contributed by atoms with E-state index in [0.717, 1.165) is 26.1 Å². The molecule has 1 saturated heterocycles. The smallest absolute Gasteiger partial charge is 0.200 e. The van der Waals surface area contributed by atoms with E-state index < -0.39 is 8.32 Å². The van der Waals surface area contributed by atoms with Gasteiger partial charge in [0.05, 0.1) is 12.7 Å². The van der Waals surface area contributed by atoms with Crippen molar-refractivity contribution in [2.75, 3.05) is 13.2 Å². The van der Waals surface area contributed by atoms with Gasteiger partial charge in [0.1, 0.15) is 0 Å². The van der Waals surface area contributed by atoms with Crippen LogP contribution >= 0.6 is 0 Å². The molecule has 0 aromatic rings. The van der Waals surface area contributed by atoms with Crippen LogP contribution in [0.1, 0.15) is 61.3 Å². The lowest BCUT2D eigenvalue weighted by Gasteiger charge is -2.44. The summed E-state index contributed by atoms with van der Waals surface area (Å²) in [7, 11) is -1.78. The van der Waals surface area contributed by atoms with Gasteiger partial charge >= 0.3 is 0 Å². The quantitative estimate of drug-likeness (QED) is 0.432. The third-order valence-electron chi connectivity index (χ3n) is 5.31. The van der Waals surface area contributed by atoms with Crippen LogP contribution in [0.4, 0.5) is 0 Å². The van der Waals surface area contributed by atoms with E-state index in [-0.39, 0.29) is 5.41 Å². The Balaban J connectivity index is 2.91. The molecule has 1 rings (SSSR count). The predicted molar refractivity (Wildman–Crippen MR) is 94.3 cm³/mol. The van der Waals surface area contributed by atoms with Gasteiger partial charge in [0.25, 0.3) is 0 Å². The van der Waals surface area contributed by atoms with Crippen LogP contribution in [0.15, 0.2) is 12.7 Å². The Morgan fingerprint density at radius 3 is 2.05 bits per heavy atom. The lowest BCUT2D eigenvalue weighted by Crippen LogP contribution is -2.50. The highest BCUT2D eigenvalue weighted by Crippen LogP contribution is 2.45. The van der Waals surface area contributed by atoms with Crippen LogP contribution in [-0.2, 0) is 9.16 Å². The molecule has 1 aliphatic heterocycles. The minimum absolute atomic E-state index is 0.151. The molecular weight excluding hydrogens is 276 g/mol. The summed E-state index contributed by atoms with van der Waals surface area (Å²) in [6, 6.07) is 0. The normalized spacial score (nSPS) is 27.0. The fraction of sp³-hybridized carbons (Fsp3) is 0.889. The monoisotopic (exact) mass is 312 g/mol. The zero-order valence-corrected chi connectivity index (χ0v) is 16.2. The van der Waals surface area contributed by atoms with Crippen molar-refractivity contribution in [1.82, 2.24) is 0 Å². The molecule has 0 saturated carbocycles. The summed E-state index contributed by atoms with van der Waals surface area (Å²) < 4.78 is 12.7. The van der Waals surface area contributed by atoms with Gasteiger partial charge in [-0.25, -0.2) is 0 Å². The van der Waals surface area contributed by atoms with E-state index in [4.69, 9.17) is 9.16 Å². The van der Waals surface area contributed by atoms with Crippen LogP contribution in [-0.4, -0.2) is 27.6 Å². The maximum Gasteiger partial charge on any atom is 0.200 e. The van der Waals surface area contributed by atoms with Crippen LogP contribution in [0.25, 0.3) is 0 Å². The molecule has 0 radical (unpaired) electrons.